The molecule has 1 aliphatic rings. The Bertz CT molecular complexity index is 354. The monoisotopic (exact) mass is 208 g/mol. The molecular weight excluding hydrogens is 192 g/mol. The average Bonchev–Trinajstić information content (AvgIpc) is 2.64. The Kier molecular flexibility index (Phi) is 2.68. The van der Waals surface area contributed by atoms with E-state index in [-0.39, 0.29) is 6.10 Å². The van der Waals surface area contributed by atoms with Crippen LogP contribution in [0.2, 0.25) is 0 Å². The quantitative estimate of drug-likeness (QED) is 0.707. The molecule has 0 radical (unpaired) electrons. The van der Waals surface area contributed by atoms with Crippen molar-refractivity contribution in [1.82, 2.24) is 0 Å². The van der Waals surface area contributed by atoms with Gasteiger partial charge in [-0.2, -0.15) is 0 Å². The number of hydrogen-bond acceptors (Lipinski definition) is 4. The summed E-state index contributed by atoms with van der Waals surface area (Å²) >= 11 is 0. The van der Waals surface area contributed by atoms with E-state index < -0.39 is 0 Å². The van der Waals surface area contributed by atoms with Gasteiger partial charge in [0.25, 0.3) is 0 Å². The van der Waals surface area contributed by atoms with E-state index in [1.807, 2.05) is 12.1 Å². The van der Waals surface area contributed by atoms with Crippen LogP contribution in [0.3, 0.4) is 0 Å². The molecule has 0 amide bonds. The summed E-state index contributed by atoms with van der Waals surface area (Å²) in [5.41, 5.74) is 7.37. The summed E-state index contributed by atoms with van der Waals surface area (Å²) in [7, 11) is 1.63. The van der Waals surface area contributed by atoms with Crippen LogP contribution in [0.1, 0.15) is 6.42 Å². The normalized spacial score (nSPS) is 20.7. The first kappa shape index (κ1) is 10.1. The number of nitrogens with zero attached hydrogens (tertiary/aromatic N) is 1. The third-order valence-electron chi connectivity index (χ3n) is 2.71. The van der Waals surface area contributed by atoms with Gasteiger partial charge in [0.1, 0.15) is 5.75 Å². The maximum atomic E-state index is 9.47. The number of β-amino-alcohol motifs (C(OH)–C–C–N with tert-alkyl or cyclic N) is 1. The smallest absolute Gasteiger partial charge is 0.144 e. The zero-order valence-electron chi connectivity index (χ0n) is 8.81. The Balaban J connectivity index is 2.27. The van der Waals surface area contributed by atoms with Gasteiger partial charge < -0.3 is 20.5 Å². The van der Waals surface area contributed by atoms with Crippen molar-refractivity contribution in [2.45, 2.75) is 12.5 Å². The van der Waals surface area contributed by atoms with Crippen molar-refractivity contribution in [2.24, 2.45) is 0 Å². The molecule has 0 spiro atoms. The molecule has 1 aliphatic heterocycles. The first-order valence-corrected chi connectivity index (χ1v) is 5.07. The van der Waals surface area contributed by atoms with E-state index in [1.165, 1.54) is 0 Å². The lowest BCUT2D eigenvalue weighted by Crippen LogP contribution is -2.21. The van der Waals surface area contributed by atoms with Gasteiger partial charge >= 0.3 is 0 Å². The minimum atomic E-state index is -0.229. The van der Waals surface area contributed by atoms with Gasteiger partial charge in [0.05, 0.1) is 18.9 Å². The molecule has 2 rings (SSSR count). The number of aliphatic hydroxyl groups is 1. The van der Waals surface area contributed by atoms with Gasteiger partial charge in [0, 0.05) is 24.8 Å². The molecule has 1 aromatic carbocycles. The number of ether oxygens (including phenoxy) is 1. The molecule has 1 atom stereocenters. The van der Waals surface area contributed by atoms with Crippen LogP contribution in [0.5, 0.6) is 5.75 Å². The number of anilines is 2. The van der Waals surface area contributed by atoms with Gasteiger partial charge in [0.15, 0.2) is 0 Å². The van der Waals surface area contributed by atoms with E-state index in [9.17, 15) is 5.11 Å². The van der Waals surface area contributed by atoms with Crippen LogP contribution in [0, 0.1) is 0 Å². The summed E-state index contributed by atoms with van der Waals surface area (Å²) in [6.45, 7) is 1.53. The zero-order valence-corrected chi connectivity index (χ0v) is 8.81. The van der Waals surface area contributed by atoms with Crippen molar-refractivity contribution in [3.05, 3.63) is 18.2 Å². The number of benzene rings is 1. The average molecular weight is 208 g/mol. The van der Waals surface area contributed by atoms with E-state index in [2.05, 4.69) is 4.90 Å². The summed E-state index contributed by atoms with van der Waals surface area (Å²) in [6, 6.07) is 5.59. The number of aliphatic hydroxyl groups excluding tert-OH is 1. The zero-order chi connectivity index (χ0) is 10.8. The minimum absolute atomic E-state index is 0.229. The fourth-order valence-corrected chi connectivity index (χ4v) is 1.92. The van der Waals surface area contributed by atoms with Crippen LogP contribution in [-0.2, 0) is 0 Å². The van der Waals surface area contributed by atoms with E-state index in [0.29, 0.717) is 12.2 Å². The van der Waals surface area contributed by atoms with Crippen LogP contribution >= 0.6 is 0 Å². The molecule has 0 aliphatic carbocycles. The van der Waals surface area contributed by atoms with Gasteiger partial charge in [-0.1, -0.05) is 0 Å². The van der Waals surface area contributed by atoms with Crippen LogP contribution in [0.15, 0.2) is 18.2 Å². The maximum absolute atomic E-state index is 9.47. The molecule has 0 saturated carbocycles. The first-order chi connectivity index (χ1) is 7.20. The SMILES string of the molecule is COc1cc(N)ccc1N1CC[C@@H](O)C1. The lowest BCUT2D eigenvalue weighted by molar-refractivity contribution is 0.198. The Labute approximate surface area is 89.3 Å². The molecule has 1 saturated heterocycles. The third-order valence-corrected chi connectivity index (χ3v) is 2.71. The number of nitrogens with two attached hydrogens (primary N) is 1. The van der Waals surface area contributed by atoms with Gasteiger partial charge in [-0.05, 0) is 18.6 Å². The fraction of sp³-hybridized carbons (Fsp3) is 0.455. The van der Waals surface area contributed by atoms with Crippen molar-refractivity contribution in [3.8, 4) is 5.75 Å². The highest BCUT2D eigenvalue weighted by Gasteiger charge is 2.22. The second-order valence-electron chi connectivity index (χ2n) is 3.82. The summed E-state index contributed by atoms with van der Waals surface area (Å²) < 4.78 is 5.27. The Morgan fingerprint density at radius 2 is 2.33 bits per heavy atom. The summed E-state index contributed by atoms with van der Waals surface area (Å²) in [5.74, 6) is 0.768. The molecule has 3 N–H and O–H groups in total. The van der Waals surface area contributed by atoms with Crippen molar-refractivity contribution in [1.29, 1.82) is 0 Å². The highest BCUT2D eigenvalue weighted by molar-refractivity contribution is 5.64. The van der Waals surface area contributed by atoms with Gasteiger partial charge in [0.2, 0.25) is 0 Å². The lowest BCUT2D eigenvalue weighted by atomic mass is 10.2. The summed E-state index contributed by atoms with van der Waals surface area (Å²) in [6.07, 6.45) is 0.584. The highest BCUT2D eigenvalue weighted by atomic mass is 16.5. The number of hydrogen-bond donors (Lipinski definition) is 2. The molecule has 4 nitrogen and oxygen atoms in total. The maximum Gasteiger partial charge on any atom is 0.144 e. The molecular formula is C11H16N2O2. The van der Waals surface area contributed by atoms with E-state index in [1.54, 1.807) is 13.2 Å². The van der Waals surface area contributed by atoms with Crippen molar-refractivity contribution >= 4 is 11.4 Å². The second kappa shape index (κ2) is 3.98. The summed E-state index contributed by atoms with van der Waals surface area (Å²) in [5, 5.41) is 9.47. The molecule has 1 fully saturated rings. The topological polar surface area (TPSA) is 58.7 Å². The Hall–Kier alpha value is -1.42. The highest BCUT2D eigenvalue weighted by Crippen LogP contribution is 2.32. The molecule has 0 unspecified atom stereocenters. The van der Waals surface area contributed by atoms with Crippen molar-refractivity contribution < 1.29 is 9.84 Å². The predicted octanol–water partition coefficient (Wildman–Crippen LogP) is 0.848. The molecule has 1 aromatic rings. The first-order valence-electron chi connectivity index (χ1n) is 5.07. The van der Waals surface area contributed by atoms with E-state index >= 15 is 0 Å². The second-order valence-corrected chi connectivity index (χ2v) is 3.82. The number of methoxy groups -OCH3 is 1. The summed E-state index contributed by atoms with van der Waals surface area (Å²) in [4.78, 5) is 2.11. The number of nitrogen functional groups attached to an aromatic ring is 1. The Morgan fingerprint density at radius 1 is 1.53 bits per heavy atom. The largest absolute Gasteiger partial charge is 0.495 e. The predicted molar refractivity (Wildman–Crippen MR) is 60.2 cm³/mol. The third kappa shape index (κ3) is 1.99. The van der Waals surface area contributed by atoms with Gasteiger partial charge in [-0.25, -0.2) is 0 Å². The molecule has 82 valence electrons. The molecule has 15 heavy (non-hydrogen) atoms. The van der Waals surface area contributed by atoms with Crippen molar-refractivity contribution in [2.75, 3.05) is 30.8 Å². The van der Waals surface area contributed by atoms with Gasteiger partial charge in [-0.3, -0.25) is 0 Å². The van der Waals surface area contributed by atoms with E-state index in [0.717, 1.165) is 24.4 Å². The molecule has 0 bridgehead atoms. The minimum Gasteiger partial charge on any atom is -0.495 e. The molecule has 0 aromatic heterocycles. The number of rotatable bonds is 2. The molecule has 1 heterocycles. The van der Waals surface area contributed by atoms with Crippen molar-refractivity contribution in [3.63, 3.8) is 0 Å². The van der Waals surface area contributed by atoms with Crippen LogP contribution in [0.4, 0.5) is 11.4 Å². The van der Waals surface area contributed by atoms with Crippen LogP contribution < -0.4 is 15.4 Å². The Morgan fingerprint density at radius 3 is 2.93 bits per heavy atom. The van der Waals surface area contributed by atoms with Gasteiger partial charge in [-0.15, -0.1) is 0 Å². The van der Waals surface area contributed by atoms with Crippen LogP contribution in [0.25, 0.3) is 0 Å². The lowest BCUT2D eigenvalue weighted by Gasteiger charge is -2.20. The van der Waals surface area contributed by atoms with Crippen LogP contribution in [-0.4, -0.2) is 31.4 Å². The van der Waals surface area contributed by atoms with E-state index in [4.69, 9.17) is 10.5 Å². The fourth-order valence-electron chi connectivity index (χ4n) is 1.92. The standard InChI is InChI=1S/C11H16N2O2/c1-15-11-6-8(12)2-3-10(11)13-5-4-9(14)7-13/h2-3,6,9,14H,4-5,7,12H2,1H3/t9-/m1/s1. The molecule has 4 heteroatoms.